The van der Waals surface area contributed by atoms with Crippen molar-refractivity contribution in [3.63, 3.8) is 0 Å². The molecule has 0 aliphatic rings. The van der Waals surface area contributed by atoms with Crippen molar-refractivity contribution in [3.8, 4) is 0 Å². The monoisotopic (exact) mass is 1040 g/mol. The van der Waals surface area contributed by atoms with Gasteiger partial charge in [-0.15, -0.1) is 0 Å². The minimum absolute atomic E-state index is 0.0831. The van der Waals surface area contributed by atoms with E-state index in [9.17, 15) is 14.4 Å². The quantitative estimate of drug-likeness (QED) is 0.0261. The molecule has 0 radical (unpaired) electrons. The lowest BCUT2D eigenvalue weighted by Gasteiger charge is -2.18. The van der Waals surface area contributed by atoms with Crippen LogP contribution in [0.3, 0.4) is 0 Å². The van der Waals surface area contributed by atoms with E-state index in [1.165, 1.54) is 173 Å². The van der Waals surface area contributed by atoms with Gasteiger partial charge in [0.15, 0.2) is 6.10 Å². The highest BCUT2D eigenvalue weighted by atomic mass is 16.6. The third kappa shape index (κ3) is 61.3. The van der Waals surface area contributed by atoms with Crippen LogP contribution < -0.4 is 0 Å². The summed E-state index contributed by atoms with van der Waals surface area (Å²) in [4.78, 5) is 38.3. The standard InChI is InChI=1S/C69H120O6/c1-4-7-10-13-16-19-22-25-27-29-30-31-32-33-34-35-36-37-38-40-41-44-47-50-53-56-59-62-68(71)74-65-66(64-73-67(70)61-58-55-52-49-46-43-24-21-18-15-12-9-6-3)75-69(72)63-60-57-54-51-48-45-42-39-28-26-23-20-17-14-11-8-5-2/h8,11,17,20-22,24-26,28-30,32-33,66H,4-7,9-10,12-16,18-19,23,27,31,34-65H2,1-3H3/b11-8-,20-17-,24-21-,25-22-,28-26-,30-29-,33-32-. The van der Waals surface area contributed by atoms with Crippen LogP contribution in [-0.4, -0.2) is 37.2 Å². The number of hydrogen-bond donors (Lipinski definition) is 0. The van der Waals surface area contributed by atoms with Crippen molar-refractivity contribution in [3.05, 3.63) is 85.1 Å². The van der Waals surface area contributed by atoms with Gasteiger partial charge in [0.05, 0.1) is 0 Å². The molecular weight excluding hydrogens is 925 g/mol. The number of hydrogen-bond acceptors (Lipinski definition) is 6. The second-order valence-corrected chi connectivity index (χ2v) is 21.3. The molecule has 0 bridgehead atoms. The molecule has 0 fully saturated rings. The normalized spacial score (nSPS) is 12.6. The lowest BCUT2D eigenvalue weighted by atomic mass is 10.0. The Labute approximate surface area is 465 Å². The highest BCUT2D eigenvalue weighted by Crippen LogP contribution is 2.16. The minimum atomic E-state index is -0.787. The first kappa shape index (κ1) is 71.6. The molecule has 1 atom stereocenters. The Balaban J connectivity index is 4.28. The van der Waals surface area contributed by atoms with Gasteiger partial charge in [-0.25, -0.2) is 0 Å². The van der Waals surface area contributed by atoms with Crippen LogP contribution in [0.1, 0.15) is 316 Å². The second kappa shape index (κ2) is 63.1. The van der Waals surface area contributed by atoms with Gasteiger partial charge < -0.3 is 14.2 Å². The highest BCUT2D eigenvalue weighted by molar-refractivity contribution is 5.71. The van der Waals surface area contributed by atoms with E-state index in [1.54, 1.807) is 0 Å². The Morgan fingerprint density at radius 3 is 0.840 bits per heavy atom. The van der Waals surface area contributed by atoms with Gasteiger partial charge in [-0.2, -0.15) is 0 Å². The van der Waals surface area contributed by atoms with Crippen molar-refractivity contribution in [2.45, 2.75) is 322 Å². The minimum Gasteiger partial charge on any atom is -0.462 e. The van der Waals surface area contributed by atoms with Gasteiger partial charge in [0.2, 0.25) is 0 Å². The van der Waals surface area contributed by atoms with E-state index in [1.807, 2.05) is 0 Å². The first-order valence-corrected chi connectivity index (χ1v) is 32.1. The maximum absolute atomic E-state index is 12.9. The number of unbranched alkanes of at least 4 members (excludes halogenated alkanes) is 33. The number of rotatable bonds is 58. The molecular formula is C69H120O6. The summed E-state index contributed by atoms with van der Waals surface area (Å²) in [7, 11) is 0. The Morgan fingerprint density at radius 1 is 0.280 bits per heavy atom. The third-order valence-corrected chi connectivity index (χ3v) is 13.9. The molecule has 0 rings (SSSR count). The largest absolute Gasteiger partial charge is 0.462 e. The van der Waals surface area contributed by atoms with Gasteiger partial charge in [-0.3, -0.25) is 14.4 Å². The Morgan fingerprint density at radius 2 is 0.520 bits per heavy atom. The molecule has 0 aliphatic carbocycles. The van der Waals surface area contributed by atoms with E-state index in [0.29, 0.717) is 19.3 Å². The van der Waals surface area contributed by atoms with Gasteiger partial charge in [0.1, 0.15) is 13.2 Å². The summed E-state index contributed by atoms with van der Waals surface area (Å²) in [6, 6.07) is 0. The molecule has 0 aromatic carbocycles. The van der Waals surface area contributed by atoms with Crippen LogP contribution in [-0.2, 0) is 28.6 Å². The molecule has 0 aromatic heterocycles. The van der Waals surface area contributed by atoms with E-state index in [2.05, 4.69) is 106 Å². The number of carbonyl (C=O) groups excluding carboxylic acids is 3. The summed E-state index contributed by atoms with van der Waals surface area (Å²) in [6.07, 6.45) is 83.0. The van der Waals surface area contributed by atoms with Crippen molar-refractivity contribution in [1.82, 2.24) is 0 Å². The maximum Gasteiger partial charge on any atom is 0.306 e. The summed E-state index contributed by atoms with van der Waals surface area (Å²) in [5.74, 6) is -0.893. The zero-order valence-corrected chi connectivity index (χ0v) is 49.6. The SMILES string of the molecule is CC/C=C\C/C=C\C/C=C\CCCCCCCCCC(=O)OC(COC(=O)CCCCCCC/C=C\CCCCCC)COC(=O)CCCCCCCCCCCCCC/C=C\C/C=C\C/C=C\CCCCCCC. The van der Waals surface area contributed by atoms with Gasteiger partial charge in [-0.1, -0.05) is 266 Å². The van der Waals surface area contributed by atoms with Gasteiger partial charge in [-0.05, 0) is 116 Å². The molecule has 0 spiro atoms. The zero-order chi connectivity index (χ0) is 54.3. The fraction of sp³-hybridized carbons (Fsp3) is 0.754. The van der Waals surface area contributed by atoms with Crippen molar-refractivity contribution in [1.29, 1.82) is 0 Å². The average molecular weight is 1050 g/mol. The highest BCUT2D eigenvalue weighted by Gasteiger charge is 2.19. The molecule has 0 saturated carbocycles. The number of allylic oxidation sites excluding steroid dienone is 14. The fourth-order valence-electron chi connectivity index (χ4n) is 9.05. The Hall–Kier alpha value is -3.41. The topological polar surface area (TPSA) is 78.9 Å². The van der Waals surface area contributed by atoms with Crippen molar-refractivity contribution in [2.75, 3.05) is 13.2 Å². The van der Waals surface area contributed by atoms with Gasteiger partial charge >= 0.3 is 17.9 Å². The molecule has 0 N–H and O–H groups in total. The van der Waals surface area contributed by atoms with Crippen LogP contribution in [0.25, 0.3) is 0 Å². The Bertz CT molecular complexity index is 1430. The molecule has 0 aromatic rings. The second-order valence-electron chi connectivity index (χ2n) is 21.3. The van der Waals surface area contributed by atoms with Crippen molar-refractivity contribution < 1.29 is 28.6 Å². The van der Waals surface area contributed by atoms with Crippen LogP contribution in [0.5, 0.6) is 0 Å². The smallest absolute Gasteiger partial charge is 0.306 e. The van der Waals surface area contributed by atoms with Crippen LogP contribution in [0.15, 0.2) is 85.1 Å². The van der Waals surface area contributed by atoms with Gasteiger partial charge in [0.25, 0.3) is 0 Å². The van der Waals surface area contributed by atoms with E-state index in [0.717, 1.165) is 103 Å². The van der Waals surface area contributed by atoms with E-state index in [-0.39, 0.29) is 31.1 Å². The summed E-state index contributed by atoms with van der Waals surface area (Å²) in [6.45, 7) is 6.51. The van der Waals surface area contributed by atoms with Crippen molar-refractivity contribution >= 4 is 17.9 Å². The summed E-state index contributed by atoms with van der Waals surface area (Å²) in [5, 5.41) is 0. The van der Waals surface area contributed by atoms with Crippen LogP contribution >= 0.6 is 0 Å². The number of carbonyl (C=O) groups is 3. The molecule has 0 saturated heterocycles. The van der Waals surface area contributed by atoms with Crippen molar-refractivity contribution in [2.24, 2.45) is 0 Å². The molecule has 75 heavy (non-hydrogen) atoms. The van der Waals surface area contributed by atoms with Crippen LogP contribution in [0.2, 0.25) is 0 Å². The fourth-order valence-corrected chi connectivity index (χ4v) is 9.05. The predicted molar refractivity (Wildman–Crippen MR) is 325 cm³/mol. The summed E-state index contributed by atoms with van der Waals surface area (Å²) < 4.78 is 16.9. The van der Waals surface area contributed by atoms with Crippen LogP contribution in [0.4, 0.5) is 0 Å². The number of ether oxygens (including phenoxy) is 3. The third-order valence-electron chi connectivity index (χ3n) is 13.9. The molecule has 432 valence electrons. The van der Waals surface area contributed by atoms with E-state index in [4.69, 9.17) is 14.2 Å². The summed E-state index contributed by atoms with van der Waals surface area (Å²) in [5.41, 5.74) is 0. The number of esters is 3. The molecule has 0 aliphatic heterocycles. The Kier molecular flexibility index (Phi) is 60.3. The lowest BCUT2D eigenvalue weighted by Crippen LogP contribution is -2.30. The molecule has 0 amide bonds. The molecule has 1 unspecified atom stereocenters. The molecule has 6 heteroatoms. The average Bonchev–Trinajstić information content (AvgIpc) is 3.41. The lowest BCUT2D eigenvalue weighted by molar-refractivity contribution is -0.167. The van der Waals surface area contributed by atoms with Gasteiger partial charge in [0, 0.05) is 19.3 Å². The zero-order valence-electron chi connectivity index (χ0n) is 49.6. The predicted octanol–water partition coefficient (Wildman–Crippen LogP) is 21.9. The molecule has 6 nitrogen and oxygen atoms in total. The van der Waals surface area contributed by atoms with E-state index < -0.39 is 6.10 Å². The first-order valence-electron chi connectivity index (χ1n) is 32.1. The first-order chi connectivity index (χ1) is 37.0. The maximum atomic E-state index is 12.9. The molecule has 0 heterocycles. The van der Waals surface area contributed by atoms with Crippen LogP contribution in [0, 0.1) is 0 Å². The van der Waals surface area contributed by atoms with E-state index >= 15 is 0 Å². The summed E-state index contributed by atoms with van der Waals surface area (Å²) >= 11 is 0.